The molecule has 1 heterocycles. The monoisotopic (exact) mass is 212 g/mol. The molecule has 0 saturated carbocycles. The van der Waals surface area contributed by atoms with Gasteiger partial charge in [0.2, 0.25) is 0 Å². The molecule has 1 unspecified atom stereocenters. The predicted molar refractivity (Wildman–Crippen MR) is 56.6 cm³/mol. The summed E-state index contributed by atoms with van der Waals surface area (Å²) in [5.74, 6) is -0.289. The van der Waals surface area contributed by atoms with Gasteiger partial charge in [-0.15, -0.1) is 0 Å². The molecule has 84 valence electrons. The lowest BCUT2D eigenvalue weighted by Gasteiger charge is -2.11. The van der Waals surface area contributed by atoms with Crippen LogP contribution in [0.4, 0.5) is 0 Å². The van der Waals surface area contributed by atoms with Gasteiger partial charge in [-0.05, 0) is 20.2 Å². The third-order valence-corrected chi connectivity index (χ3v) is 2.47. The zero-order valence-electron chi connectivity index (χ0n) is 9.49. The van der Waals surface area contributed by atoms with E-state index in [9.17, 15) is 9.59 Å². The molecule has 0 bridgehead atoms. The van der Waals surface area contributed by atoms with Gasteiger partial charge >= 0.3 is 7.12 Å². The summed E-state index contributed by atoms with van der Waals surface area (Å²) >= 11 is 0. The van der Waals surface area contributed by atoms with E-state index in [4.69, 9.17) is 9.31 Å². The standard InChI is InChI=1S/C10H17BO4/c1-4-5-6-11-14-9(7(2)12)10(15-11)8(3)13/h9-10H,4-6H2,1-3H3/t9-,10?/m0/s1. The molecule has 1 saturated heterocycles. The van der Waals surface area contributed by atoms with Gasteiger partial charge in [-0.25, -0.2) is 0 Å². The van der Waals surface area contributed by atoms with E-state index < -0.39 is 19.3 Å². The molecule has 5 heteroatoms. The summed E-state index contributed by atoms with van der Waals surface area (Å²) in [7, 11) is -0.396. The highest BCUT2D eigenvalue weighted by Gasteiger charge is 2.43. The molecule has 0 aromatic heterocycles. The molecule has 0 amide bonds. The lowest BCUT2D eigenvalue weighted by atomic mass is 9.83. The van der Waals surface area contributed by atoms with Gasteiger partial charge in [0, 0.05) is 0 Å². The summed E-state index contributed by atoms with van der Waals surface area (Å²) in [5.41, 5.74) is 0. The highest BCUT2D eigenvalue weighted by Crippen LogP contribution is 2.22. The van der Waals surface area contributed by atoms with Crippen LogP contribution in [-0.2, 0) is 18.9 Å². The molecule has 0 aromatic rings. The van der Waals surface area contributed by atoms with Crippen molar-refractivity contribution in [3.05, 3.63) is 0 Å². The Morgan fingerprint density at radius 2 is 1.60 bits per heavy atom. The van der Waals surface area contributed by atoms with E-state index in [0.717, 1.165) is 19.2 Å². The summed E-state index contributed by atoms with van der Waals surface area (Å²) in [6.45, 7) is 4.91. The maximum atomic E-state index is 11.2. The molecule has 1 aliphatic rings. The minimum absolute atomic E-state index is 0.144. The van der Waals surface area contributed by atoms with E-state index in [0.29, 0.717) is 0 Å². The lowest BCUT2D eigenvalue weighted by Crippen LogP contribution is -2.34. The van der Waals surface area contributed by atoms with Crippen LogP contribution in [0.15, 0.2) is 0 Å². The first-order chi connectivity index (χ1) is 7.06. The number of ketones is 2. The van der Waals surface area contributed by atoms with Crippen LogP contribution in [0.5, 0.6) is 0 Å². The van der Waals surface area contributed by atoms with Crippen LogP contribution in [0.3, 0.4) is 0 Å². The summed E-state index contributed by atoms with van der Waals surface area (Å²) in [6.07, 6.45) is 1.34. The fraction of sp³-hybridized carbons (Fsp3) is 0.800. The summed E-state index contributed by atoms with van der Waals surface area (Å²) in [6, 6.07) is 0. The van der Waals surface area contributed by atoms with E-state index in [1.807, 2.05) is 0 Å². The first kappa shape index (κ1) is 12.4. The number of Topliss-reactive ketones (excluding diaryl/α,β-unsaturated/α-hetero) is 2. The van der Waals surface area contributed by atoms with Crippen LogP contribution >= 0.6 is 0 Å². The molecule has 1 fully saturated rings. The zero-order valence-corrected chi connectivity index (χ0v) is 9.49. The van der Waals surface area contributed by atoms with Crippen molar-refractivity contribution in [2.24, 2.45) is 0 Å². The van der Waals surface area contributed by atoms with Crippen molar-refractivity contribution in [3.8, 4) is 0 Å². The molecular formula is C10H17BO4. The van der Waals surface area contributed by atoms with Gasteiger partial charge in [0.1, 0.15) is 12.2 Å². The maximum Gasteiger partial charge on any atom is 0.458 e. The predicted octanol–water partition coefficient (Wildman–Crippen LogP) is 1.24. The van der Waals surface area contributed by atoms with Crippen LogP contribution in [-0.4, -0.2) is 30.9 Å². The van der Waals surface area contributed by atoms with Gasteiger partial charge in [0.25, 0.3) is 0 Å². The molecule has 4 nitrogen and oxygen atoms in total. The van der Waals surface area contributed by atoms with E-state index in [2.05, 4.69) is 6.92 Å². The molecule has 15 heavy (non-hydrogen) atoms. The summed E-state index contributed by atoms with van der Waals surface area (Å²) in [4.78, 5) is 22.4. The average Bonchev–Trinajstić information content (AvgIpc) is 2.58. The largest absolute Gasteiger partial charge is 0.458 e. The Labute approximate surface area is 90.5 Å². The second kappa shape index (κ2) is 5.42. The Bertz CT molecular complexity index is 232. The van der Waals surface area contributed by atoms with Gasteiger partial charge in [0.05, 0.1) is 0 Å². The highest BCUT2D eigenvalue weighted by atomic mass is 16.7. The number of carbonyl (C=O) groups excluding carboxylic acids is 2. The first-order valence-corrected chi connectivity index (χ1v) is 5.38. The Kier molecular flexibility index (Phi) is 4.48. The van der Waals surface area contributed by atoms with Crippen LogP contribution < -0.4 is 0 Å². The molecule has 0 N–H and O–H groups in total. The fourth-order valence-electron chi connectivity index (χ4n) is 1.63. The molecule has 0 radical (unpaired) electrons. The number of rotatable bonds is 5. The Hall–Kier alpha value is -0.675. The summed E-state index contributed by atoms with van der Waals surface area (Å²) in [5, 5.41) is 0. The van der Waals surface area contributed by atoms with Crippen LogP contribution in [0.2, 0.25) is 6.32 Å². The fourth-order valence-corrected chi connectivity index (χ4v) is 1.63. The SMILES string of the molecule is CCCCB1OC(C(C)=O)[C@H](C(C)=O)O1. The quantitative estimate of drug-likeness (QED) is 0.643. The normalized spacial score (nSPS) is 25.7. The maximum absolute atomic E-state index is 11.2. The van der Waals surface area contributed by atoms with Crippen molar-refractivity contribution < 1.29 is 18.9 Å². The highest BCUT2D eigenvalue weighted by molar-refractivity contribution is 6.46. The van der Waals surface area contributed by atoms with Gasteiger partial charge in [-0.1, -0.05) is 19.8 Å². The molecule has 0 aromatic carbocycles. The number of hydrogen-bond acceptors (Lipinski definition) is 4. The molecule has 0 aliphatic carbocycles. The van der Waals surface area contributed by atoms with E-state index >= 15 is 0 Å². The molecule has 1 rings (SSSR count). The van der Waals surface area contributed by atoms with E-state index in [-0.39, 0.29) is 11.6 Å². The second-order valence-electron chi connectivity index (χ2n) is 3.91. The number of unbranched alkanes of at least 4 members (excludes halogenated alkanes) is 1. The minimum atomic E-state index is -0.704. The number of hydrogen-bond donors (Lipinski definition) is 0. The van der Waals surface area contributed by atoms with Gasteiger partial charge in [-0.2, -0.15) is 0 Å². The molecule has 0 spiro atoms. The lowest BCUT2D eigenvalue weighted by molar-refractivity contribution is -0.132. The van der Waals surface area contributed by atoms with Crippen molar-refractivity contribution in [1.82, 2.24) is 0 Å². The van der Waals surface area contributed by atoms with Gasteiger partial charge in [0.15, 0.2) is 11.6 Å². The molecule has 2 atom stereocenters. The van der Waals surface area contributed by atoms with Crippen LogP contribution in [0.25, 0.3) is 0 Å². The van der Waals surface area contributed by atoms with Crippen molar-refractivity contribution >= 4 is 18.7 Å². The van der Waals surface area contributed by atoms with Crippen molar-refractivity contribution in [1.29, 1.82) is 0 Å². The van der Waals surface area contributed by atoms with Gasteiger partial charge < -0.3 is 9.31 Å². The third kappa shape index (κ3) is 3.14. The Morgan fingerprint density at radius 1 is 1.13 bits per heavy atom. The smallest absolute Gasteiger partial charge is 0.398 e. The van der Waals surface area contributed by atoms with E-state index in [1.54, 1.807) is 0 Å². The molecular weight excluding hydrogens is 195 g/mol. The van der Waals surface area contributed by atoms with Gasteiger partial charge in [-0.3, -0.25) is 9.59 Å². The second-order valence-corrected chi connectivity index (χ2v) is 3.91. The Balaban J connectivity index is 2.57. The molecule has 1 aliphatic heterocycles. The first-order valence-electron chi connectivity index (χ1n) is 5.38. The average molecular weight is 212 g/mol. The topological polar surface area (TPSA) is 52.6 Å². The van der Waals surface area contributed by atoms with Crippen LogP contribution in [0.1, 0.15) is 33.6 Å². The van der Waals surface area contributed by atoms with Crippen molar-refractivity contribution in [2.45, 2.75) is 52.1 Å². The van der Waals surface area contributed by atoms with E-state index in [1.165, 1.54) is 13.8 Å². The minimum Gasteiger partial charge on any atom is -0.398 e. The Morgan fingerprint density at radius 3 is 1.93 bits per heavy atom. The zero-order chi connectivity index (χ0) is 11.4. The third-order valence-electron chi connectivity index (χ3n) is 2.47. The number of carbonyl (C=O) groups is 2. The van der Waals surface area contributed by atoms with Crippen LogP contribution in [0, 0.1) is 0 Å². The van der Waals surface area contributed by atoms with Crippen molar-refractivity contribution in [2.75, 3.05) is 0 Å². The van der Waals surface area contributed by atoms with Crippen molar-refractivity contribution in [3.63, 3.8) is 0 Å². The summed E-state index contributed by atoms with van der Waals surface area (Å²) < 4.78 is 10.8.